The van der Waals surface area contributed by atoms with Gasteiger partial charge in [-0.05, 0) is 50.5 Å². The van der Waals surface area contributed by atoms with Crippen molar-refractivity contribution < 1.29 is 15.0 Å². The number of allylic oxidation sites excluding steroid dienone is 1. The minimum Gasteiger partial charge on any atom is -0.478 e. The van der Waals surface area contributed by atoms with E-state index in [-0.39, 0.29) is 6.61 Å². The topological polar surface area (TPSA) is 95.9 Å². The number of aliphatic carboxylic acids is 1. The van der Waals surface area contributed by atoms with Gasteiger partial charge in [-0.1, -0.05) is 66.9 Å². The molecule has 0 atom stereocenters. The number of terminal acetylenes is 1. The highest BCUT2D eigenvalue weighted by atomic mass is 35.5. The lowest BCUT2D eigenvalue weighted by Gasteiger charge is -2.07. The molecule has 33 heavy (non-hydrogen) atoms. The number of rotatable bonds is 6. The van der Waals surface area contributed by atoms with E-state index in [1.807, 2.05) is 18.2 Å². The van der Waals surface area contributed by atoms with Crippen LogP contribution in [-0.2, 0) is 11.2 Å². The molecule has 0 aliphatic carbocycles. The first-order valence-corrected chi connectivity index (χ1v) is 10.6. The summed E-state index contributed by atoms with van der Waals surface area (Å²) in [5, 5.41) is 16.7. The number of carbonyl (C=O) groups is 1. The Morgan fingerprint density at radius 1 is 1.15 bits per heavy atom. The average molecular weight is 471 g/mol. The highest BCUT2D eigenvalue weighted by molar-refractivity contribution is 6.33. The van der Waals surface area contributed by atoms with Crippen molar-refractivity contribution in [2.24, 2.45) is 10.7 Å². The van der Waals surface area contributed by atoms with Crippen molar-refractivity contribution in [2.45, 2.75) is 40.5 Å². The summed E-state index contributed by atoms with van der Waals surface area (Å²) in [4.78, 5) is 14.1. The first-order chi connectivity index (χ1) is 15.7. The number of aryl methyl sites for hydroxylation is 1. The molecule has 4 N–H and O–H groups in total. The van der Waals surface area contributed by atoms with E-state index in [0.717, 1.165) is 35.2 Å². The van der Waals surface area contributed by atoms with Crippen LogP contribution in [0.4, 0.5) is 5.69 Å². The number of aliphatic hydroxyl groups is 1. The SMILES string of the molecule is C#C.C=CCO.CC(C)=C(C)C(=O)O.CCCc1ccc(-c2ccc(N=CN)cc2Cl)cc1. The summed E-state index contributed by atoms with van der Waals surface area (Å²) in [5.41, 5.74) is 10.8. The number of carboxylic acid groups (broad SMARTS) is 1. The summed E-state index contributed by atoms with van der Waals surface area (Å²) in [6.07, 6.45) is 13.0. The Morgan fingerprint density at radius 3 is 2.03 bits per heavy atom. The molecule has 6 heteroatoms. The largest absolute Gasteiger partial charge is 0.478 e. The van der Waals surface area contributed by atoms with Crippen LogP contribution in [0.1, 0.15) is 39.7 Å². The minimum atomic E-state index is -0.829. The molecule has 2 aromatic carbocycles. The van der Waals surface area contributed by atoms with Crippen LogP contribution < -0.4 is 5.73 Å². The van der Waals surface area contributed by atoms with Crippen molar-refractivity contribution in [2.75, 3.05) is 6.61 Å². The molecule has 178 valence electrons. The Balaban J connectivity index is 0. The molecule has 2 aromatic rings. The molecule has 0 heterocycles. The van der Waals surface area contributed by atoms with Crippen LogP contribution in [0.15, 0.2) is 71.3 Å². The molecular formula is C27H35ClN2O3. The lowest BCUT2D eigenvalue weighted by atomic mass is 10.0. The standard InChI is InChI=1S/C16H17ClN2.C6H10O2.C3H6O.C2H2/c1-2-3-12-4-6-13(7-5-12)15-9-8-14(19-11-18)10-16(15)17;1-4(2)5(3)6(7)8;1-2-3-4;1-2/h4-11H,2-3H2,1H3,(H2,18,19);1-3H3,(H,7,8);2,4H,1,3H2;1-2H. The van der Waals surface area contributed by atoms with Crippen molar-refractivity contribution in [3.8, 4) is 24.0 Å². The fourth-order valence-electron chi connectivity index (χ4n) is 2.26. The van der Waals surface area contributed by atoms with E-state index in [9.17, 15) is 4.79 Å². The molecule has 0 spiro atoms. The number of nitrogens with zero attached hydrogens (tertiary/aromatic N) is 1. The fraction of sp³-hybridized carbons (Fsp3) is 0.259. The Labute approximate surface area is 203 Å². The molecular weight excluding hydrogens is 436 g/mol. The number of carboxylic acids is 1. The second-order valence-electron chi connectivity index (χ2n) is 6.79. The van der Waals surface area contributed by atoms with Gasteiger partial charge < -0.3 is 15.9 Å². The van der Waals surface area contributed by atoms with E-state index in [1.54, 1.807) is 20.8 Å². The second kappa shape index (κ2) is 19.4. The molecule has 0 unspecified atom stereocenters. The van der Waals surface area contributed by atoms with Gasteiger partial charge in [0.2, 0.25) is 0 Å². The van der Waals surface area contributed by atoms with Crippen LogP contribution in [0.2, 0.25) is 5.02 Å². The Morgan fingerprint density at radius 2 is 1.70 bits per heavy atom. The fourth-order valence-corrected chi connectivity index (χ4v) is 2.54. The van der Waals surface area contributed by atoms with Gasteiger partial charge in [-0.25, -0.2) is 9.79 Å². The maximum atomic E-state index is 10.1. The third-order valence-corrected chi connectivity index (χ3v) is 4.49. The van der Waals surface area contributed by atoms with Crippen LogP contribution in [0.25, 0.3) is 11.1 Å². The second-order valence-corrected chi connectivity index (χ2v) is 7.20. The third kappa shape index (κ3) is 13.6. The number of halogens is 1. The molecule has 0 aromatic heterocycles. The number of hydrogen-bond acceptors (Lipinski definition) is 3. The van der Waals surface area contributed by atoms with Gasteiger partial charge in [-0.2, -0.15) is 0 Å². The molecule has 0 saturated heterocycles. The third-order valence-electron chi connectivity index (χ3n) is 4.18. The van der Waals surface area contributed by atoms with Crippen molar-refractivity contribution in [3.63, 3.8) is 0 Å². The maximum absolute atomic E-state index is 10.1. The quantitative estimate of drug-likeness (QED) is 0.149. The molecule has 0 radical (unpaired) electrons. The van der Waals surface area contributed by atoms with Crippen LogP contribution in [0, 0.1) is 12.8 Å². The molecule has 5 nitrogen and oxygen atoms in total. The molecule has 2 rings (SSSR count). The normalized spacial score (nSPS) is 9.21. The summed E-state index contributed by atoms with van der Waals surface area (Å²) in [6.45, 7) is 10.7. The van der Waals surface area contributed by atoms with Crippen molar-refractivity contribution >= 4 is 29.6 Å². The van der Waals surface area contributed by atoms with Gasteiger partial charge in [0.1, 0.15) is 0 Å². The molecule has 0 aliphatic heterocycles. The monoisotopic (exact) mass is 470 g/mol. The average Bonchev–Trinajstić information content (AvgIpc) is 2.81. The van der Waals surface area contributed by atoms with Crippen molar-refractivity contribution in [3.05, 3.63) is 76.9 Å². The number of nitrogens with two attached hydrogens (primary N) is 1. The van der Waals surface area contributed by atoms with Crippen LogP contribution in [0.3, 0.4) is 0 Å². The van der Waals surface area contributed by atoms with Crippen molar-refractivity contribution in [1.29, 1.82) is 0 Å². The Hall–Kier alpha value is -3.33. The molecule has 0 bridgehead atoms. The van der Waals surface area contributed by atoms with E-state index >= 15 is 0 Å². The van der Waals surface area contributed by atoms with Crippen molar-refractivity contribution in [1.82, 2.24) is 0 Å². The van der Waals surface area contributed by atoms with E-state index in [4.69, 9.17) is 27.5 Å². The number of aliphatic hydroxyl groups excluding tert-OH is 1. The van der Waals surface area contributed by atoms with Gasteiger partial charge in [0.15, 0.2) is 0 Å². The molecule has 0 saturated carbocycles. The van der Waals surface area contributed by atoms with E-state index in [1.165, 1.54) is 18.0 Å². The molecule has 0 amide bonds. The predicted molar refractivity (Wildman–Crippen MR) is 142 cm³/mol. The zero-order valence-corrected chi connectivity index (χ0v) is 20.6. The van der Waals surface area contributed by atoms with E-state index < -0.39 is 5.97 Å². The summed E-state index contributed by atoms with van der Waals surface area (Å²) < 4.78 is 0. The van der Waals surface area contributed by atoms with Gasteiger partial charge in [-0.15, -0.1) is 19.4 Å². The molecule has 0 fully saturated rings. The first-order valence-electron chi connectivity index (χ1n) is 10.3. The summed E-state index contributed by atoms with van der Waals surface area (Å²) in [5.74, 6) is -0.829. The van der Waals surface area contributed by atoms with Gasteiger partial charge in [0.05, 0.1) is 23.7 Å². The smallest absolute Gasteiger partial charge is 0.331 e. The zero-order valence-electron chi connectivity index (χ0n) is 19.9. The van der Waals surface area contributed by atoms with E-state index in [2.05, 4.69) is 55.6 Å². The van der Waals surface area contributed by atoms with E-state index in [0.29, 0.717) is 10.6 Å². The lowest BCUT2D eigenvalue weighted by molar-refractivity contribution is -0.132. The Bertz CT molecular complexity index is 926. The minimum absolute atomic E-state index is 0.0833. The summed E-state index contributed by atoms with van der Waals surface area (Å²) in [6, 6.07) is 14.2. The number of benzene rings is 2. The van der Waals surface area contributed by atoms with Crippen LogP contribution >= 0.6 is 11.6 Å². The summed E-state index contributed by atoms with van der Waals surface area (Å²) >= 11 is 6.29. The summed E-state index contributed by atoms with van der Waals surface area (Å²) in [7, 11) is 0. The molecule has 0 aliphatic rings. The van der Waals surface area contributed by atoms with Gasteiger partial charge in [0.25, 0.3) is 0 Å². The first kappa shape index (κ1) is 31.9. The van der Waals surface area contributed by atoms with Gasteiger partial charge in [0, 0.05) is 11.1 Å². The highest BCUT2D eigenvalue weighted by Crippen LogP contribution is 2.31. The Kier molecular flexibility index (Phi) is 18.7. The van der Waals surface area contributed by atoms with Gasteiger partial charge in [-0.3, -0.25) is 0 Å². The zero-order chi connectivity index (χ0) is 25.8. The van der Waals surface area contributed by atoms with Crippen LogP contribution in [0.5, 0.6) is 0 Å². The van der Waals surface area contributed by atoms with Crippen LogP contribution in [-0.4, -0.2) is 29.1 Å². The predicted octanol–water partition coefficient (Wildman–Crippen LogP) is 6.42. The lowest BCUT2D eigenvalue weighted by Crippen LogP contribution is -1.97. The maximum Gasteiger partial charge on any atom is 0.331 e. The number of hydrogen-bond donors (Lipinski definition) is 3. The highest BCUT2D eigenvalue weighted by Gasteiger charge is 2.04. The number of aliphatic imine (C=N–C) groups is 1. The van der Waals surface area contributed by atoms with Gasteiger partial charge >= 0.3 is 5.97 Å².